The molecule has 124 valence electrons. The van der Waals surface area contributed by atoms with Gasteiger partial charge in [-0.05, 0) is 18.1 Å². The molecule has 0 amide bonds. The molecule has 0 bridgehead atoms. The Morgan fingerprint density at radius 3 is 2.83 bits per heavy atom. The molecule has 0 fully saturated rings. The quantitative estimate of drug-likeness (QED) is 0.639. The van der Waals surface area contributed by atoms with Gasteiger partial charge in [0.25, 0.3) is 0 Å². The summed E-state index contributed by atoms with van der Waals surface area (Å²) in [5, 5.41) is 7.49. The number of thiazole rings is 1. The highest BCUT2D eigenvalue weighted by Gasteiger charge is 2.09. The largest absolute Gasteiger partial charge is 0.356 e. The maximum absolute atomic E-state index is 6.22. The van der Waals surface area contributed by atoms with Gasteiger partial charge in [-0.3, -0.25) is 4.99 Å². The third-order valence-corrected chi connectivity index (χ3v) is 4.92. The van der Waals surface area contributed by atoms with Gasteiger partial charge in [0.1, 0.15) is 0 Å². The minimum absolute atomic E-state index is 0.718. The van der Waals surface area contributed by atoms with Gasteiger partial charge in [0.05, 0.1) is 10.7 Å². The number of hydrogen-bond donors (Lipinski definition) is 1. The van der Waals surface area contributed by atoms with Crippen LogP contribution in [-0.4, -0.2) is 36.5 Å². The summed E-state index contributed by atoms with van der Waals surface area (Å²) in [7, 11) is 3.81. The molecule has 0 spiro atoms. The summed E-state index contributed by atoms with van der Waals surface area (Å²) < 4.78 is 0. The molecule has 6 heteroatoms. The summed E-state index contributed by atoms with van der Waals surface area (Å²) in [6.45, 7) is 3.66. The maximum Gasteiger partial charge on any atom is 0.193 e. The number of aromatic nitrogens is 1. The third kappa shape index (κ3) is 5.22. The van der Waals surface area contributed by atoms with Crippen LogP contribution in [-0.2, 0) is 19.4 Å². The average molecular weight is 351 g/mol. The van der Waals surface area contributed by atoms with Gasteiger partial charge in [-0.15, -0.1) is 11.3 Å². The van der Waals surface area contributed by atoms with Crippen molar-refractivity contribution >= 4 is 28.9 Å². The predicted octanol–water partition coefficient (Wildman–Crippen LogP) is 3.61. The molecule has 0 saturated carbocycles. The molecule has 0 aliphatic heterocycles. The monoisotopic (exact) mass is 350 g/mol. The lowest BCUT2D eigenvalue weighted by Gasteiger charge is -2.22. The summed E-state index contributed by atoms with van der Waals surface area (Å²) in [4.78, 5) is 11.0. The van der Waals surface area contributed by atoms with Crippen molar-refractivity contribution in [1.82, 2.24) is 15.2 Å². The Morgan fingerprint density at radius 2 is 2.17 bits per heavy atom. The predicted molar refractivity (Wildman–Crippen MR) is 99.5 cm³/mol. The van der Waals surface area contributed by atoms with Gasteiger partial charge >= 0.3 is 0 Å². The number of hydrogen-bond acceptors (Lipinski definition) is 3. The zero-order chi connectivity index (χ0) is 16.7. The van der Waals surface area contributed by atoms with E-state index < -0.39 is 0 Å². The molecule has 0 saturated heterocycles. The van der Waals surface area contributed by atoms with Crippen LogP contribution in [0.1, 0.15) is 23.2 Å². The number of guanidine groups is 1. The first kappa shape index (κ1) is 17.8. The average Bonchev–Trinajstić information content (AvgIpc) is 3.01. The molecular formula is C17H23ClN4S. The van der Waals surface area contributed by atoms with E-state index in [1.165, 1.54) is 5.01 Å². The Balaban J connectivity index is 1.86. The lowest BCUT2D eigenvalue weighted by molar-refractivity contribution is 0.477. The number of nitrogens with one attached hydrogen (secondary N) is 1. The zero-order valence-electron chi connectivity index (χ0n) is 13.8. The molecule has 23 heavy (non-hydrogen) atoms. The van der Waals surface area contributed by atoms with Gasteiger partial charge in [-0.25, -0.2) is 4.98 Å². The number of halogens is 1. The molecule has 0 aliphatic carbocycles. The molecule has 1 heterocycles. The maximum atomic E-state index is 6.22. The molecule has 0 aliphatic rings. The highest BCUT2D eigenvalue weighted by Crippen LogP contribution is 2.16. The Kier molecular flexibility index (Phi) is 6.86. The molecule has 2 aromatic rings. The molecule has 0 unspecified atom stereocenters. The van der Waals surface area contributed by atoms with Gasteiger partial charge < -0.3 is 10.2 Å². The van der Waals surface area contributed by atoms with Crippen molar-refractivity contribution < 1.29 is 0 Å². The summed E-state index contributed by atoms with van der Waals surface area (Å²) in [5.41, 5.74) is 2.23. The first-order valence-electron chi connectivity index (χ1n) is 7.72. The van der Waals surface area contributed by atoms with Crippen molar-refractivity contribution in [3.8, 4) is 0 Å². The lowest BCUT2D eigenvalue weighted by Crippen LogP contribution is -2.39. The number of benzene rings is 1. The van der Waals surface area contributed by atoms with E-state index in [1.54, 1.807) is 18.4 Å². The van der Waals surface area contributed by atoms with Crippen LogP contribution in [0.4, 0.5) is 0 Å². The van der Waals surface area contributed by atoms with Gasteiger partial charge in [-0.2, -0.15) is 0 Å². The summed E-state index contributed by atoms with van der Waals surface area (Å²) in [5.74, 6) is 0.857. The summed E-state index contributed by atoms with van der Waals surface area (Å²) in [6, 6.07) is 7.89. The first-order chi connectivity index (χ1) is 11.1. The van der Waals surface area contributed by atoms with Crippen molar-refractivity contribution in [3.05, 3.63) is 50.9 Å². The SMILES string of the molecule is CCc1nc(CCNC(=NC)N(C)Cc2ccccc2Cl)cs1. The van der Waals surface area contributed by atoms with Crippen LogP contribution in [0.5, 0.6) is 0 Å². The van der Waals surface area contributed by atoms with Crippen molar-refractivity contribution in [2.24, 2.45) is 4.99 Å². The lowest BCUT2D eigenvalue weighted by atomic mass is 10.2. The van der Waals surface area contributed by atoms with Crippen LogP contribution in [0.15, 0.2) is 34.6 Å². The number of nitrogens with zero attached hydrogens (tertiary/aromatic N) is 3. The standard InChI is InChI=1S/C17H23ClN4S/c1-4-16-21-14(12-23-16)9-10-20-17(19-2)22(3)11-13-7-5-6-8-15(13)18/h5-8,12H,4,9-11H2,1-3H3,(H,19,20). The van der Waals surface area contributed by atoms with Gasteiger partial charge in [0, 0.05) is 44.0 Å². The van der Waals surface area contributed by atoms with Crippen LogP contribution in [0.2, 0.25) is 5.02 Å². The van der Waals surface area contributed by atoms with Gasteiger partial charge in [0.2, 0.25) is 0 Å². The molecule has 0 atom stereocenters. The first-order valence-corrected chi connectivity index (χ1v) is 8.98. The van der Waals surface area contributed by atoms with E-state index in [2.05, 4.69) is 32.5 Å². The molecule has 1 N–H and O–H groups in total. The topological polar surface area (TPSA) is 40.5 Å². The van der Waals surface area contributed by atoms with E-state index in [1.807, 2.05) is 31.3 Å². The van der Waals surface area contributed by atoms with Crippen LogP contribution in [0, 0.1) is 0 Å². The molecular weight excluding hydrogens is 328 g/mol. The Bertz CT molecular complexity index is 654. The fraction of sp³-hybridized carbons (Fsp3) is 0.412. The van der Waals surface area contributed by atoms with Crippen LogP contribution >= 0.6 is 22.9 Å². The normalized spacial score (nSPS) is 11.6. The molecule has 2 rings (SSSR count). The minimum atomic E-state index is 0.718. The second-order valence-corrected chi connectivity index (χ2v) is 6.61. The van der Waals surface area contributed by atoms with E-state index in [9.17, 15) is 0 Å². The van der Waals surface area contributed by atoms with Gasteiger partial charge in [0.15, 0.2) is 5.96 Å². The van der Waals surface area contributed by atoms with E-state index >= 15 is 0 Å². The Hall–Kier alpha value is -1.59. The van der Waals surface area contributed by atoms with Crippen LogP contribution in [0.3, 0.4) is 0 Å². The van der Waals surface area contributed by atoms with Crippen molar-refractivity contribution in [3.63, 3.8) is 0 Å². The molecule has 1 aromatic heterocycles. The van der Waals surface area contributed by atoms with Crippen LogP contribution < -0.4 is 5.32 Å². The van der Waals surface area contributed by atoms with E-state index in [4.69, 9.17) is 11.6 Å². The number of aryl methyl sites for hydroxylation is 1. The van der Waals surface area contributed by atoms with E-state index in [-0.39, 0.29) is 0 Å². The fourth-order valence-electron chi connectivity index (χ4n) is 2.27. The van der Waals surface area contributed by atoms with Gasteiger partial charge in [-0.1, -0.05) is 36.7 Å². The number of aliphatic imine (C=N–C) groups is 1. The minimum Gasteiger partial charge on any atom is -0.356 e. The van der Waals surface area contributed by atoms with Crippen LogP contribution in [0.25, 0.3) is 0 Å². The molecule has 0 radical (unpaired) electrons. The second-order valence-electron chi connectivity index (χ2n) is 5.26. The Labute approximate surface area is 147 Å². The Morgan fingerprint density at radius 1 is 1.39 bits per heavy atom. The van der Waals surface area contributed by atoms with E-state index in [0.29, 0.717) is 0 Å². The summed E-state index contributed by atoms with van der Waals surface area (Å²) >= 11 is 7.95. The fourth-order valence-corrected chi connectivity index (χ4v) is 3.25. The number of rotatable bonds is 6. The summed E-state index contributed by atoms with van der Waals surface area (Å²) in [6.07, 6.45) is 1.90. The van der Waals surface area contributed by atoms with Crippen molar-refractivity contribution in [2.75, 3.05) is 20.6 Å². The van der Waals surface area contributed by atoms with Crippen molar-refractivity contribution in [1.29, 1.82) is 0 Å². The second kappa shape index (κ2) is 8.89. The molecule has 1 aromatic carbocycles. The zero-order valence-corrected chi connectivity index (χ0v) is 15.4. The highest BCUT2D eigenvalue weighted by atomic mass is 35.5. The van der Waals surface area contributed by atoms with E-state index in [0.717, 1.165) is 48.2 Å². The van der Waals surface area contributed by atoms with Crippen molar-refractivity contribution in [2.45, 2.75) is 26.3 Å². The smallest absolute Gasteiger partial charge is 0.193 e. The molecule has 4 nitrogen and oxygen atoms in total. The third-order valence-electron chi connectivity index (χ3n) is 3.50. The highest BCUT2D eigenvalue weighted by molar-refractivity contribution is 7.09.